The maximum absolute atomic E-state index is 12.4. The Bertz CT molecular complexity index is 868. The quantitative estimate of drug-likeness (QED) is 0.365. The molecule has 34 heavy (non-hydrogen) atoms. The molecule has 0 bridgehead atoms. The number of hydrogen-bond acceptors (Lipinski definition) is 4. The largest absolute Gasteiger partial charge is 0.303 e. The van der Waals surface area contributed by atoms with E-state index in [1.54, 1.807) is 7.05 Å². The van der Waals surface area contributed by atoms with Gasteiger partial charge in [-0.3, -0.25) is 19.9 Å². The van der Waals surface area contributed by atoms with Crippen LogP contribution in [0.5, 0.6) is 0 Å². The lowest BCUT2D eigenvalue weighted by Crippen LogP contribution is -2.44. The summed E-state index contributed by atoms with van der Waals surface area (Å²) in [5.41, 5.74) is 4.41. The number of benzene rings is 1. The van der Waals surface area contributed by atoms with Crippen LogP contribution in [-0.2, 0) is 9.59 Å². The second-order valence-corrected chi connectivity index (χ2v) is 10.9. The normalized spacial score (nSPS) is 21.7. The first-order valence-corrected chi connectivity index (χ1v) is 13.5. The zero-order chi connectivity index (χ0) is 24.7. The maximum Gasteiger partial charge on any atom is 0.235 e. The Hall–Kier alpha value is -2.01. The highest BCUT2D eigenvalue weighted by Crippen LogP contribution is 2.31. The van der Waals surface area contributed by atoms with Crippen LogP contribution in [0.4, 0.5) is 0 Å². The highest BCUT2D eigenvalue weighted by atomic mass is 16.2. The lowest BCUT2D eigenvalue weighted by molar-refractivity contribution is -0.134. The third-order valence-electron chi connectivity index (χ3n) is 7.76. The van der Waals surface area contributed by atoms with Gasteiger partial charge in [-0.25, -0.2) is 0 Å². The number of hydrogen-bond donors (Lipinski definition) is 1. The molecule has 1 aromatic rings. The molecule has 3 rings (SSSR count). The van der Waals surface area contributed by atoms with Crippen LogP contribution in [0.1, 0.15) is 94.7 Å². The average molecular weight is 468 g/mol. The standard InChI is InChI=1S/C29H45N3O2/c1-6-7-22(9-8-20(2)3)19-32-16-14-23(15-17-32)24-10-11-25(21(4)18-24)28(30-5)26-12-13-27(33)31-29(26)34/h10-11,18,20,22-23,26H,6-9,12-17,19H2,1-5H3,(H,31,33,34). The van der Waals surface area contributed by atoms with Gasteiger partial charge in [0.05, 0.1) is 11.6 Å². The van der Waals surface area contributed by atoms with E-state index in [-0.39, 0.29) is 17.7 Å². The van der Waals surface area contributed by atoms with Gasteiger partial charge in [-0.2, -0.15) is 0 Å². The molecule has 2 amide bonds. The molecule has 188 valence electrons. The summed E-state index contributed by atoms with van der Waals surface area (Å²) in [5, 5.41) is 2.47. The lowest BCUT2D eigenvalue weighted by atomic mass is 9.83. The highest BCUT2D eigenvalue weighted by Gasteiger charge is 2.32. The number of imide groups is 1. The molecule has 2 aliphatic heterocycles. The fourth-order valence-corrected chi connectivity index (χ4v) is 5.76. The van der Waals surface area contributed by atoms with Crippen LogP contribution in [0.15, 0.2) is 23.2 Å². The van der Waals surface area contributed by atoms with E-state index in [1.165, 1.54) is 69.3 Å². The Morgan fingerprint density at radius 3 is 2.44 bits per heavy atom. The minimum atomic E-state index is -0.345. The van der Waals surface area contributed by atoms with Crippen molar-refractivity contribution in [3.63, 3.8) is 0 Å². The van der Waals surface area contributed by atoms with Crippen LogP contribution in [0, 0.1) is 24.7 Å². The number of nitrogens with zero attached hydrogens (tertiary/aromatic N) is 2. The van der Waals surface area contributed by atoms with E-state index in [9.17, 15) is 9.59 Å². The molecule has 2 unspecified atom stereocenters. The van der Waals surface area contributed by atoms with Gasteiger partial charge in [-0.15, -0.1) is 0 Å². The number of aliphatic imine (C=N–C) groups is 1. The number of nitrogens with one attached hydrogen (secondary N) is 1. The number of rotatable bonds is 10. The molecule has 2 atom stereocenters. The van der Waals surface area contributed by atoms with Crippen LogP contribution in [0.3, 0.4) is 0 Å². The van der Waals surface area contributed by atoms with Crippen LogP contribution in [0.25, 0.3) is 0 Å². The zero-order valence-electron chi connectivity index (χ0n) is 22.0. The van der Waals surface area contributed by atoms with Crippen molar-refractivity contribution in [3.8, 4) is 0 Å². The van der Waals surface area contributed by atoms with Crippen molar-refractivity contribution in [1.82, 2.24) is 10.2 Å². The molecule has 2 aliphatic rings. The Labute approximate surface area is 206 Å². The molecule has 0 saturated carbocycles. The molecule has 5 nitrogen and oxygen atoms in total. The van der Waals surface area contributed by atoms with Crippen molar-refractivity contribution in [2.45, 2.75) is 85.0 Å². The summed E-state index contributed by atoms with van der Waals surface area (Å²) in [4.78, 5) is 31.1. The SMILES string of the molecule is CCCC(CCC(C)C)CN1CCC(c2ccc(C(=NC)C3CCC(=O)NC3=O)c(C)c2)CC1. The van der Waals surface area contributed by atoms with Gasteiger partial charge in [0.2, 0.25) is 11.8 Å². The van der Waals surface area contributed by atoms with Crippen molar-refractivity contribution in [2.75, 3.05) is 26.7 Å². The predicted octanol–water partition coefficient (Wildman–Crippen LogP) is 5.50. The average Bonchev–Trinajstić information content (AvgIpc) is 2.80. The Kier molecular flexibility index (Phi) is 9.87. The first kappa shape index (κ1) is 26.6. The van der Waals surface area contributed by atoms with Crippen LogP contribution >= 0.6 is 0 Å². The number of aryl methyl sites for hydroxylation is 1. The Morgan fingerprint density at radius 1 is 1.12 bits per heavy atom. The number of carbonyl (C=O) groups excluding carboxylic acids is 2. The van der Waals surface area contributed by atoms with Gasteiger partial charge in [0, 0.05) is 20.0 Å². The molecule has 0 radical (unpaired) electrons. The van der Waals surface area contributed by atoms with Gasteiger partial charge >= 0.3 is 0 Å². The summed E-state index contributed by atoms with van der Waals surface area (Å²) in [7, 11) is 1.75. The van der Waals surface area contributed by atoms with Crippen molar-refractivity contribution < 1.29 is 9.59 Å². The van der Waals surface area contributed by atoms with Crippen LogP contribution < -0.4 is 5.32 Å². The molecule has 5 heteroatoms. The molecular weight excluding hydrogens is 422 g/mol. The van der Waals surface area contributed by atoms with Gasteiger partial charge in [-0.05, 0) is 86.6 Å². The maximum atomic E-state index is 12.4. The third kappa shape index (κ3) is 7.00. The summed E-state index contributed by atoms with van der Waals surface area (Å²) in [5.74, 6) is 1.48. The molecular formula is C29H45N3O2. The van der Waals surface area contributed by atoms with Crippen molar-refractivity contribution in [2.24, 2.45) is 22.7 Å². The summed E-state index contributed by atoms with van der Waals surface area (Å²) >= 11 is 0. The van der Waals surface area contributed by atoms with E-state index >= 15 is 0 Å². The fraction of sp³-hybridized carbons (Fsp3) is 0.690. The molecule has 2 fully saturated rings. The molecule has 2 saturated heterocycles. The summed E-state index contributed by atoms with van der Waals surface area (Å²) in [6.07, 6.45) is 8.67. The van der Waals surface area contributed by atoms with Crippen LogP contribution in [0.2, 0.25) is 0 Å². The molecule has 1 N–H and O–H groups in total. The molecule has 0 aromatic heterocycles. The predicted molar refractivity (Wildman–Crippen MR) is 140 cm³/mol. The van der Waals surface area contributed by atoms with Crippen molar-refractivity contribution >= 4 is 17.5 Å². The Balaban J connectivity index is 1.60. The number of likely N-dealkylation sites (tertiary alicyclic amines) is 1. The summed E-state index contributed by atoms with van der Waals surface area (Å²) < 4.78 is 0. The number of amides is 2. The lowest BCUT2D eigenvalue weighted by Gasteiger charge is -2.35. The second-order valence-electron chi connectivity index (χ2n) is 10.9. The van der Waals surface area contributed by atoms with E-state index in [2.05, 4.69) is 61.1 Å². The molecule has 1 aromatic carbocycles. The second kappa shape index (κ2) is 12.6. The third-order valence-corrected chi connectivity index (χ3v) is 7.76. The first-order valence-electron chi connectivity index (χ1n) is 13.5. The van der Waals surface area contributed by atoms with Gasteiger partial charge in [0.15, 0.2) is 0 Å². The summed E-state index contributed by atoms with van der Waals surface area (Å²) in [6, 6.07) is 6.68. The van der Waals surface area contributed by atoms with Gasteiger partial charge in [0.1, 0.15) is 0 Å². The fourth-order valence-electron chi connectivity index (χ4n) is 5.76. The zero-order valence-corrected chi connectivity index (χ0v) is 22.0. The Morgan fingerprint density at radius 2 is 1.85 bits per heavy atom. The van der Waals surface area contributed by atoms with Crippen molar-refractivity contribution in [1.29, 1.82) is 0 Å². The number of carbonyl (C=O) groups is 2. The first-order chi connectivity index (χ1) is 16.3. The minimum Gasteiger partial charge on any atom is -0.303 e. The molecule has 0 aliphatic carbocycles. The van der Waals surface area contributed by atoms with E-state index < -0.39 is 0 Å². The summed E-state index contributed by atoms with van der Waals surface area (Å²) in [6.45, 7) is 12.7. The van der Waals surface area contributed by atoms with Crippen molar-refractivity contribution in [3.05, 3.63) is 34.9 Å². The highest BCUT2D eigenvalue weighted by molar-refractivity contribution is 6.17. The molecule has 0 spiro atoms. The van der Waals surface area contributed by atoms with Gasteiger partial charge in [-0.1, -0.05) is 51.8 Å². The van der Waals surface area contributed by atoms with E-state index in [0.717, 1.165) is 23.1 Å². The van der Waals surface area contributed by atoms with E-state index in [4.69, 9.17) is 0 Å². The topological polar surface area (TPSA) is 61.8 Å². The van der Waals surface area contributed by atoms with E-state index in [0.29, 0.717) is 18.8 Å². The minimum absolute atomic E-state index is 0.184. The molecule has 2 heterocycles. The van der Waals surface area contributed by atoms with Crippen LogP contribution in [-0.4, -0.2) is 49.1 Å². The smallest absolute Gasteiger partial charge is 0.235 e. The van der Waals surface area contributed by atoms with E-state index in [1.807, 2.05) is 0 Å². The number of piperidine rings is 2. The monoisotopic (exact) mass is 467 g/mol. The van der Waals surface area contributed by atoms with Gasteiger partial charge < -0.3 is 4.90 Å². The van der Waals surface area contributed by atoms with Gasteiger partial charge in [0.25, 0.3) is 0 Å².